The van der Waals surface area contributed by atoms with Gasteiger partial charge in [-0.15, -0.1) is 0 Å². The lowest BCUT2D eigenvalue weighted by atomic mass is 10.2. The third-order valence-electron chi connectivity index (χ3n) is 4.14. The topological polar surface area (TPSA) is 88.8 Å². The Morgan fingerprint density at radius 1 is 1.16 bits per heavy atom. The predicted molar refractivity (Wildman–Crippen MR) is 92.1 cm³/mol. The minimum Gasteiger partial charge on any atom is -0.377 e. The van der Waals surface area contributed by atoms with Crippen LogP contribution in [0.15, 0.2) is 33.7 Å². The van der Waals surface area contributed by atoms with Crippen LogP contribution < -0.4 is 4.90 Å². The van der Waals surface area contributed by atoms with Crippen molar-refractivity contribution in [2.24, 2.45) is 0 Å². The van der Waals surface area contributed by atoms with Crippen molar-refractivity contribution in [3.8, 4) is 0 Å². The van der Waals surface area contributed by atoms with Crippen LogP contribution in [0.2, 0.25) is 0 Å². The number of benzene rings is 1. The first-order valence-corrected chi connectivity index (χ1v) is 9.92. The minimum absolute atomic E-state index is 0.346. The molecule has 2 heterocycles. The maximum atomic E-state index is 11.5. The smallest absolute Gasteiger partial charge is 0.240 e. The summed E-state index contributed by atoms with van der Waals surface area (Å²) in [4.78, 5) is 9.13. The van der Waals surface area contributed by atoms with Crippen molar-refractivity contribution in [2.75, 3.05) is 44.4 Å². The standard InChI is InChI=1S/C16H22N4O4S/c1-23-12-15-17-16(24-18-15)11-19-7-9-20(10-8-19)13-3-5-14(6-4-13)25(2,21)22/h3-6H,7-12H2,1-2H3. The van der Waals surface area contributed by atoms with Gasteiger partial charge in [0, 0.05) is 45.2 Å². The molecular weight excluding hydrogens is 344 g/mol. The molecule has 8 nitrogen and oxygen atoms in total. The maximum Gasteiger partial charge on any atom is 0.240 e. The van der Waals surface area contributed by atoms with E-state index in [4.69, 9.17) is 9.26 Å². The van der Waals surface area contributed by atoms with Crippen molar-refractivity contribution in [3.05, 3.63) is 36.0 Å². The summed E-state index contributed by atoms with van der Waals surface area (Å²) in [7, 11) is -1.56. The molecule has 0 unspecified atom stereocenters. The minimum atomic E-state index is -3.15. The highest BCUT2D eigenvalue weighted by molar-refractivity contribution is 7.90. The fraction of sp³-hybridized carbons (Fsp3) is 0.500. The summed E-state index contributed by atoms with van der Waals surface area (Å²) >= 11 is 0. The molecule has 1 aliphatic heterocycles. The Bertz CT molecular complexity index is 796. The monoisotopic (exact) mass is 366 g/mol. The van der Waals surface area contributed by atoms with Crippen LogP contribution in [-0.4, -0.2) is 63.0 Å². The highest BCUT2D eigenvalue weighted by Gasteiger charge is 2.20. The lowest BCUT2D eigenvalue weighted by Crippen LogP contribution is -2.46. The molecule has 0 N–H and O–H groups in total. The number of ether oxygens (including phenoxy) is 1. The Hall–Kier alpha value is -1.97. The average molecular weight is 366 g/mol. The number of anilines is 1. The quantitative estimate of drug-likeness (QED) is 0.746. The molecule has 25 heavy (non-hydrogen) atoms. The van der Waals surface area contributed by atoms with Gasteiger partial charge in [0.1, 0.15) is 6.61 Å². The first-order chi connectivity index (χ1) is 12.0. The number of aromatic nitrogens is 2. The number of rotatable bonds is 6. The van der Waals surface area contributed by atoms with E-state index in [0.29, 0.717) is 29.8 Å². The molecule has 0 bridgehead atoms. The van der Waals surface area contributed by atoms with Gasteiger partial charge in [-0.05, 0) is 24.3 Å². The highest BCUT2D eigenvalue weighted by Crippen LogP contribution is 2.20. The second-order valence-electron chi connectivity index (χ2n) is 6.07. The van der Waals surface area contributed by atoms with Crippen molar-refractivity contribution in [1.29, 1.82) is 0 Å². The van der Waals surface area contributed by atoms with Gasteiger partial charge in [-0.3, -0.25) is 4.90 Å². The first kappa shape index (κ1) is 17.8. The average Bonchev–Trinajstić information content (AvgIpc) is 3.02. The van der Waals surface area contributed by atoms with Gasteiger partial charge in [-0.2, -0.15) is 4.98 Å². The number of hydrogen-bond donors (Lipinski definition) is 0. The highest BCUT2D eigenvalue weighted by atomic mass is 32.2. The van der Waals surface area contributed by atoms with Crippen molar-refractivity contribution in [3.63, 3.8) is 0 Å². The van der Waals surface area contributed by atoms with Crippen LogP contribution in [0.1, 0.15) is 11.7 Å². The van der Waals surface area contributed by atoms with Crippen molar-refractivity contribution >= 4 is 15.5 Å². The molecule has 0 spiro atoms. The van der Waals surface area contributed by atoms with E-state index >= 15 is 0 Å². The number of methoxy groups -OCH3 is 1. The van der Waals surface area contributed by atoms with Gasteiger partial charge in [-0.25, -0.2) is 8.42 Å². The van der Waals surface area contributed by atoms with Crippen LogP contribution in [0.25, 0.3) is 0 Å². The molecule has 1 fully saturated rings. The van der Waals surface area contributed by atoms with Crippen LogP contribution >= 0.6 is 0 Å². The van der Waals surface area contributed by atoms with E-state index in [1.807, 2.05) is 12.1 Å². The van der Waals surface area contributed by atoms with E-state index in [1.165, 1.54) is 6.26 Å². The van der Waals surface area contributed by atoms with E-state index in [9.17, 15) is 8.42 Å². The number of piperazine rings is 1. The predicted octanol–water partition coefficient (Wildman–Crippen LogP) is 0.942. The molecule has 2 aromatic rings. The molecule has 0 saturated carbocycles. The molecule has 1 saturated heterocycles. The van der Waals surface area contributed by atoms with Gasteiger partial charge < -0.3 is 14.2 Å². The fourth-order valence-electron chi connectivity index (χ4n) is 2.80. The van der Waals surface area contributed by atoms with E-state index in [-0.39, 0.29) is 0 Å². The molecule has 1 aromatic carbocycles. The SMILES string of the molecule is COCc1noc(CN2CCN(c3ccc(S(C)(=O)=O)cc3)CC2)n1. The molecule has 0 atom stereocenters. The van der Waals surface area contributed by atoms with Crippen molar-refractivity contribution in [1.82, 2.24) is 15.0 Å². The molecule has 136 valence electrons. The van der Waals surface area contributed by atoms with Crippen molar-refractivity contribution in [2.45, 2.75) is 18.0 Å². The van der Waals surface area contributed by atoms with Gasteiger partial charge in [0.25, 0.3) is 0 Å². The van der Waals surface area contributed by atoms with E-state index < -0.39 is 9.84 Å². The van der Waals surface area contributed by atoms with E-state index in [1.54, 1.807) is 19.2 Å². The largest absolute Gasteiger partial charge is 0.377 e. The number of nitrogens with zero attached hydrogens (tertiary/aromatic N) is 4. The molecule has 0 aliphatic carbocycles. The van der Waals surface area contributed by atoms with Gasteiger partial charge in [0.15, 0.2) is 15.7 Å². The van der Waals surface area contributed by atoms with Crippen LogP contribution in [-0.2, 0) is 27.7 Å². The zero-order valence-electron chi connectivity index (χ0n) is 14.4. The third kappa shape index (κ3) is 4.56. The zero-order chi connectivity index (χ0) is 17.9. The number of hydrogen-bond acceptors (Lipinski definition) is 8. The summed E-state index contributed by atoms with van der Waals surface area (Å²) in [5.74, 6) is 1.15. The Labute approximate surface area is 147 Å². The lowest BCUT2D eigenvalue weighted by Gasteiger charge is -2.35. The molecule has 1 aromatic heterocycles. The molecule has 3 rings (SSSR count). The van der Waals surface area contributed by atoms with E-state index in [2.05, 4.69) is 19.9 Å². The van der Waals surface area contributed by atoms with Gasteiger partial charge >= 0.3 is 0 Å². The van der Waals surface area contributed by atoms with Gasteiger partial charge in [0.05, 0.1) is 11.4 Å². The van der Waals surface area contributed by atoms with E-state index in [0.717, 1.165) is 31.9 Å². The fourth-order valence-corrected chi connectivity index (χ4v) is 3.43. The van der Waals surface area contributed by atoms with Crippen LogP contribution in [0, 0.1) is 0 Å². The summed E-state index contributed by atoms with van der Waals surface area (Å²) in [5.41, 5.74) is 1.03. The second-order valence-corrected chi connectivity index (χ2v) is 8.08. The molecule has 0 radical (unpaired) electrons. The Morgan fingerprint density at radius 3 is 2.44 bits per heavy atom. The maximum absolute atomic E-state index is 11.5. The first-order valence-electron chi connectivity index (χ1n) is 8.03. The molecular formula is C16H22N4O4S. The summed E-state index contributed by atoms with van der Waals surface area (Å²) < 4.78 is 33.3. The normalized spacial score (nSPS) is 16.3. The molecule has 1 aliphatic rings. The van der Waals surface area contributed by atoms with Crippen LogP contribution in [0.5, 0.6) is 0 Å². The summed E-state index contributed by atoms with van der Waals surface area (Å²) in [6.07, 6.45) is 1.22. The van der Waals surface area contributed by atoms with Gasteiger partial charge in [0.2, 0.25) is 5.89 Å². The lowest BCUT2D eigenvalue weighted by molar-refractivity contribution is 0.174. The number of sulfone groups is 1. The Balaban J connectivity index is 1.54. The van der Waals surface area contributed by atoms with Crippen LogP contribution in [0.4, 0.5) is 5.69 Å². The van der Waals surface area contributed by atoms with Crippen LogP contribution in [0.3, 0.4) is 0 Å². The molecule has 0 amide bonds. The third-order valence-corrected chi connectivity index (χ3v) is 5.27. The van der Waals surface area contributed by atoms with Gasteiger partial charge in [-0.1, -0.05) is 5.16 Å². The second kappa shape index (κ2) is 7.51. The summed E-state index contributed by atoms with van der Waals surface area (Å²) in [6.45, 7) is 4.43. The summed E-state index contributed by atoms with van der Waals surface area (Å²) in [5, 5.41) is 3.86. The molecule has 9 heteroatoms. The Morgan fingerprint density at radius 2 is 1.84 bits per heavy atom. The summed E-state index contributed by atoms with van der Waals surface area (Å²) in [6, 6.07) is 7.04. The Kier molecular flexibility index (Phi) is 5.36. The zero-order valence-corrected chi connectivity index (χ0v) is 15.2. The van der Waals surface area contributed by atoms with Crippen molar-refractivity contribution < 1.29 is 17.7 Å².